The molecule has 1 atom stereocenters. The molecular weight excluding hydrogens is 209 g/mol. The average Bonchev–Trinajstić information content (AvgIpc) is 2.03. The SMILES string of the molecule is CCCCC(CC)CO[Si]([O-])([O-])[O-].[Li+].[Li+].[Li+]. The van der Waals surface area contributed by atoms with Crippen LogP contribution in [0.4, 0.5) is 0 Å². The second kappa shape index (κ2) is 14.9. The van der Waals surface area contributed by atoms with Crippen molar-refractivity contribution in [3.8, 4) is 0 Å². The predicted octanol–water partition coefficient (Wildman–Crippen LogP) is -10.3. The van der Waals surface area contributed by atoms with E-state index in [1.54, 1.807) is 0 Å². The molecule has 0 aromatic rings. The van der Waals surface area contributed by atoms with Gasteiger partial charge in [-0.3, -0.25) is 0 Å². The van der Waals surface area contributed by atoms with Crippen LogP contribution in [0.15, 0.2) is 0 Å². The first-order chi connectivity index (χ1) is 5.99. The van der Waals surface area contributed by atoms with E-state index >= 15 is 0 Å². The van der Waals surface area contributed by atoms with Crippen molar-refractivity contribution in [2.75, 3.05) is 6.61 Å². The van der Waals surface area contributed by atoms with Crippen LogP contribution in [0.2, 0.25) is 0 Å². The van der Waals surface area contributed by atoms with Crippen LogP contribution in [-0.2, 0) is 4.43 Å². The average molecular weight is 226 g/mol. The summed E-state index contributed by atoms with van der Waals surface area (Å²) in [6, 6.07) is 0. The Morgan fingerprint density at radius 2 is 1.56 bits per heavy atom. The van der Waals surface area contributed by atoms with Gasteiger partial charge >= 0.3 is 56.6 Å². The molecule has 1 unspecified atom stereocenters. The Hall–Kier alpha value is 1.85. The summed E-state index contributed by atoms with van der Waals surface area (Å²) in [4.78, 5) is 30.6. The van der Waals surface area contributed by atoms with Crippen molar-refractivity contribution in [3.63, 3.8) is 0 Å². The van der Waals surface area contributed by atoms with E-state index in [2.05, 4.69) is 11.3 Å². The minimum atomic E-state index is -5.03. The molecule has 0 amide bonds. The molecule has 0 aliphatic heterocycles. The molecular formula is C8H17Li3O4Si. The van der Waals surface area contributed by atoms with E-state index in [9.17, 15) is 14.4 Å². The molecule has 8 heteroatoms. The van der Waals surface area contributed by atoms with Crippen LogP contribution < -0.4 is 71.0 Å². The van der Waals surface area contributed by atoms with E-state index in [4.69, 9.17) is 0 Å². The van der Waals surface area contributed by atoms with Gasteiger partial charge in [0, 0.05) is 6.61 Å². The molecule has 0 saturated carbocycles. The molecule has 0 radical (unpaired) electrons. The third kappa shape index (κ3) is 18.2. The van der Waals surface area contributed by atoms with Gasteiger partial charge in [0.15, 0.2) is 0 Å². The maximum absolute atomic E-state index is 10.2. The predicted molar refractivity (Wildman–Crippen MR) is 45.0 cm³/mol. The smallest absolute Gasteiger partial charge is 0.861 e. The number of rotatable bonds is 7. The quantitative estimate of drug-likeness (QED) is 0.404. The zero-order valence-electron chi connectivity index (χ0n) is 11.2. The first-order valence-electron chi connectivity index (χ1n) is 4.74. The number of unbranched alkanes of at least 4 members (excludes halogenated alkanes) is 1. The van der Waals surface area contributed by atoms with Crippen LogP contribution in [0.3, 0.4) is 0 Å². The summed E-state index contributed by atoms with van der Waals surface area (Å²) in [5.41, 5.74) is 0. The van der Waals surface area contributed by atoms with E-state index in [0.717, 1.165) is 25.7 Å². The van der Waals surface area contributed by atoms with Gasteiger partial charge in [0.1, 0.15) is 0 Å². The summed E-state index contributed by atoms with van der Waals surface area (Å²) in [5, 5.41) is 0. The summed E-state index contributed by atoms with van der Waals surface area (Å²) < 4.78 is 4.25. The summed E-state index contributed by atoms with van der Waals surface area (Å²) >= 11 is 0. The van der Waals surface area contributed by atoms with Crippen LogP contribution in [0.5, 0.6) is 0 Å². The van der Waals surface area contributed by atoms with Crippen molar-refractivity contribution < 1.29 is 75.4 Å². The third-order valence-electron chi connectivity index (χ3n) is 2.04. The van der Waals surface area contributed by atoms with Crippen LogP contribution in [-0.4, -0.2) is 15.7 Å². The first kappa shape index (κ1) is 26.4. The van der Waals surface area contributed by atoms with Crippen LogP contribution in [0.25, 0.3) is 0 Å². The minimum Gasteiger partial charge on any atom is -0.861 e. The van der Waals surface area contributed by atoms with Gasteiger partial charge < -0.3 is 18.8 Å². The molecule has 0 spiro atoms. The van der Waals surface area contributed by atoms with Crippen molar-refractivity contribution in [2.24, 2.45) is 5.92 Å². The van der Waals surface area contributed by atoms with Crippen LogP contribution in [0, 0.1) is 5.92 Å². The van der Waals surface area contributed by atoms with Gasteiger partial charge in [-0.25, -0.2) is 0 Å². The van der Waals surface area contributed by atoms with Gasteiger partial charge in [0.05, 0.1) is 0 Å². The standard InChI is InChI=1S/C8H17O4Si.3Li/c1-3-5-6-8(4-2)7-12-13(9,10)11;;;/h8H,3-7H2,1-2H3;;;/q-3;3*+1. The zero-order chi connectivity index (χ0) is 10.3. The molecule has 0 saturated heterocycles. The zero-order valence-corrected chi connectivity index (χ0v) is 12.2. The topological polar surface area (TPSA) is 78.4 Å². The van der Waals surface area contributed by atoms with Gasteiger partial charge in [0.2, 0.25) is 0 Å². The Kier molecular flexibility index (Phi) is 24.6. The van der Waals surface area contributed by atoms with Crippen LogP contribution in [0.1, 0.15) is 39.5 Å². The molecule has 0 aromatic heterocycles. The largest absolute Gasteiger partial charge is 1.00 e. The van der Waals surface area contributed by atoms with Gasteiger partial charge in [0.25, 0.3) is 0 Å². The van der Waals surface area contributed by atoms with Gasteiger partial charge in [-0.2, -0.15) is 0 Å². The molecule has 0 heterocycles. The second-order valence-corrected chi connectivity index (χ2v) is 4.52. The van der Waals surface area contributed by atoms with Gasteiger partial charge in [-0.05, 0) is 12.3 Å². The minimum absolute atomic E-state index is 0. The van der Waals surface area contributed by atoms with Gasteiger partial charge in [-0.15, -0.1) is 9.05 Å². The Balaban J connectivity index is -0.000000240. The maximum Gasteiger partial charge on any atom is 1.00 e. The summed E-state index contributed by atoms with van der Waals surface area (Å²) in [6.07, 6.45) is 3.90. The Labute approximate surface area is 136 Å². The van der Waals surface area contributed by atoms with E-state index < -0.39 is 9.05 Å². The molecule has 4 nitrogen and oxygen atoms in total. The van der Waals surface area contributed by atoms with Crippen molar-refractivity contribution in [1.82, 2.24) is 0 Å². The first-order valence-corrected chi connectivity index (χ1v) is 6.38. The van der Waals surface area contributed by atoms with Crippen molar-refractivity contribution in [2.45, 2.75) is 39.5 Å². The molecule has 0 aliphatic rings. The van der Waals surface area contributed by atoms with Crippen LogP contribution >= 0.6 is 0 Å². The summed E-state index contributed by atoms with van der Waals surface area (Å²) in [7, 11) is -5.03. The monoisotopic (exact) mass is 226 g/mol. The molecule has 0 bridgehead atoms. The number of hydrogen-bond donors (Lipinski definition) is 0. The molecule has 0 aromatic carbocycles. The van der Waals surface area contributed by atoms with Crippen molar-refractivity contribution in [3.05, 3.63) is 0 Å². The maximum atomic E-state index is 10.2. The molecule has 16 heavy (non-hydrogen) atoms. The van der Waals surface area contributed by atoms with Crippen molar-refractivity contribution in [1.29, 1.82) is 0 Å². The van der Waals surface area contributed by atoms with E-state index in [1.807, 2.05) is 6.92 Å². The fourth-order valence-corrected chi connectivity index (χ4v) is 1.56. The fourth-order valence-electron chi connectivity index (χ4n) is 1.12. The van der Waals surface area contributed by atoms with Gasteiger partial charge in [-0.1, -0.05) is 33.1 Å². The van der Waals surface area contributed by atoms with E-state index in [0.29, 0.717) is 0 Å². The molecule has 0 aliphatic carbocycles. The van der Waals surface area contributed by atoms with E-state index in [-0.39, 0.29) is 69.1 Å². The third-order valence-corrected chi connectivity index (χ3v) is 2.56. The molecule has 0 rings (SSSR count). The molecule has 0 fully saturated rings. The Morgan fingerprint density at radius 3 is 1.88 bits per heavy atom. The second-order valence-electron chi connectivity index (χ2n) is 3.23. The van der Waals surface area contributed by atoms with E-state index in [1.165, 1.54) is 0 Å². The summed E-state index contributed by atoms with van der Waals surface area (Å²) in [5.74, 6) is 0.198. The number of hydrogen-bond acceptors (Lipinski definition) is 4. The fraction of sp³-hybridized carbons (Fsp3) is 1.00. The summed E-state index contributed by atoms with van der Waals surface area (Å²) in [6.45, 7) is 4.09. The molecule has 0 N–H and O–H groups in total. The normalized spacial score (nSPS) is 11.8. The Bertz CT molecular complexity index is 135. The van der Waals surface area contributed by atoms with Crippen molar-refractivity contribution >= 4 is 9.05 Å². The molecule has 80 valence electrons. The Morgan fingerprint density at radius 1 is 1.06 bits per heavy atom.